The molecule has 8 nitrogen and oxygen atoms in total. The van der Waals surface area contributed by atoms with E-state index in [9.17, 15) is 19.5 Å². The van der Waals surface area contributed by atoms with Crippen LogP contribution < -0.4 is 19.9 Å². The van der Waals surface area contributed by atoms with Crippen molar-refractivity contribution in [3.63, 3.8) is 0 Å². The molecule has 0 aliphatic carbocycles. The molecule has 0 spiro atoms. The Balaban J connectivity index is 1.45. The first-order chi connectivity index (χ1) is 15.4. The van der Waals surface area contributed by atoms with Gasteiger partial charge >= 0.3 is 5.97 Å². The van der Waals surface area contributed by atoms with Gasteiger partial charge < -0.3 is 25.0 Å². The van der Waals surface area contributed by atoms with Gasteiger partial charge in [-0.15, -0.1) is 0 Å². The van der Waals surface area contributed by atoms with Crippen LogP contribution in [0.25, 0.3) is 0 Å². The third-order valence-corrected chi connectivity index (χ3v) is 6.22. The van der Waals surface area contributed by atoms with Crippen molar-refractivity contribution in [1.29, 1.82) is 0 Å². The average Bonchev–Trinajstić information content (AvgIpc) is 3.45. The summed E-state index contributed by atoms with van der Waals surface area (Å²) in [5.41, 5.74) is 2.04. The van der Waals surface area contributed by atoms with Gasteiger partial charge in [-0.05, 0) is 43.2 Å². The summed E-state index contributed by atoms with van der Waals surface area (Å²) in [6, 6.07) is 10.5. The Hall–Kier alpha value is -3.26. The number of carboxylic acid groups (broad SMARTS) is 1. The number of nitrogens with zero attached hydrogens (tertiary/aromatic N) is 2. The topological polar surface area (TPSA) is 99.2 Å². The molecule has 0 bridgehead atoms. The lowest BCUT2D eigenvalue weighted by Crippen LogP contribution is -2.28. The summed E-state index contributed by atoms with van der Waals surface area (Å²) in [7, 11) is 1.34. The van der Waals surface area contributed by atoms with Gasteiger partial charge in [0.15, 0.2) is 0 Å². The largest absolute Gasteiger partial charge is 0.496 e. The average molecular weight is 458 g/mol. The number of nitrogens with one attached hydrogen (secondary N) is 1. The van der Waals surface area contributed by atoms with Crippen LogP contribution in [0.15, 0.2) is 36.4 Å². The molecule has 2 heterocycles. The van der Waals surface area contributed by atoms with E-state index in [1.165, 1.54) is 32.1 Å². The summed E-state index contributed by atoms with van der Waals surface area (Å²) in [6.07, 6.45) is 2.47. The normalized spacial score (nSPS) is 18.2. The molecule has 2 aliphatic heterocycles. The first kappa shape index (κ1) is 22.0. The van der Waals surface area contributed by atoms with E-state index in [4.69, 9.17) is 16.3 Å². The number of carbonyl (C=O) groups excluding carboxylic acids is 2. The number of hydrogen-bond acceptors (Lipinski definition) is 5. The molecule has 2 aliphatic rings. The van der Waals surface area contributed by atoms with E-state index >= 15 is 0 Å². The number of carbonyl (C=O) groups is 3. The number of amides is 2. The fourth-order valence-electron chi connectivity index (χ4n) is 4.17. The summed E-state index contributed by atoms with van der Waals surface area (Å²) in [5.74, 6) is -2.14. The highest BCUT2D eigenvalue weighted by molar-refractivity contribution is 6.34. The van der Waals surface area contributed by atoms with Crippen LogP contribution in [-0.4, -0.2) is 49.6 Å². The fourth-order valence-corrected chi connectivity index (χ4v) is 4.38. The maximum atomic E-state index is 12.8. The van der Waals surface area contributed by atoms with Gasteiger partial charge in [0, 0.05) is 43.5 Å². The maximum absolute atomic E-state index is 12.8. The second-order valence-electron chi connectivity index (χ2n) is 7.94. The molecule has 9 heteroatoms. The zero-order chi connectivity index (χ0) is 22.8. The highest BCUT2D eigenvalue weighted by Crippen LogP contribution is 2.33. The quantitative estimate of drug-likeness (QED) is 0.687. The SMILES string of the molecule is COc1cc(NC(=O)C2CC(=O)N(c3ccc(N4CCCC4)cc3)C2)c(Cl)cc1C(=O)O. The molecular formula is C23H24ClN3O5. The predicted molar refractivity (Wildman–Crippen MR) is 122 cm³/mol. The van der Waals surface area contributed by atoms with Crippen molar-refractivity contribution < 1.29 is 24.2 Å². The molecule has 2 amide bonds. The number of carboxylic acids is 1. The van der Waals surface area contributed by atoms with Gasteiger partial charge in [0.25, 0.3) is 0 Å². The van der Waals surface area contributed by atoms with Crippen LogP contribution in [0, 0.1) is 5.92 Å². The van der Waals surface area contributed by atoms with E-state index in [0.29, 0.717) is 0 Å². The lowest BCUT2D eigenvalue weighted by atomic mass is 10.1. The smallest absolute Gasteiger partial charge is 0.339 e. The third-order valence-electron chi connectivity index (χ3n) is 5.91. The Kier molecular flexibility index (Phi) is 6.23. The zero-order valence-electron chi connectivity index (χ0n) is 17.6. The van der Waals surface area contributed by atoms with Crippen molar-refractivity contribution in [2.45, 2.75) is 19.3 Å². The molecule has 4 rings (SSSR count). The van der Waals surface area contributed by atoms with E-state index in [-0.39, 0.29) is 46.8 Å². The Morgan fingerprint density at radius 1 is 1.12 bits per heavy atom. The Morgan fingerprint density at radius 2 is 1.78 bits per heavy atom. The number of halogens is 1. The van der Waals surface area contributed by atoms with Crippen molar-refractivity contribution in [1.82, 2.24) is 0 Å². The summed E-state index contributed by atoms with van der Waals surface area (Å²) in [5, 5.41) is 12.0. The van der Waals surface area contributed by atoms with Crippen molar-refractivity contribution in [3.05, 3.63) is 47.0 Å². The number of rotatable bonds is 6. The molecule has 0 aromatic heterocycles. The van der Waals surface area contributed by atoms with Gasteiger partial charge in [-0.3, -0.25) is 9.59 Å². The van der Waals surface area contributed by atoms with Gasteiger partial charge in [0.05, 0.1) is 23.7 Å². The highest BCUT2D eigenvalue weighted by atomic mass is 35.5. The van der Waals surface area contributed by atoms with E-state index < -0.39 is 11.9 Å². The van der Waals surface area contributed by atoms with Crippen molar-refractivity contribution in [2.75, 3.05) is 41.9 Å². The van der Waals surface area contributed by atoms with E-state index in [1.54, 1.807) is 4.90 Å². The number of hydrogen-bond donors (Lipinski definition) is 2. The molecule has 2 N–H and O–H groups in total. The summed E-state index contributed by atoms with van der Waals surface area (Å²) >= 11 is 6.16. The first-order valence-corrected chi connectivity index (χ1v) is 10.8. The van der Waals surface area contributed by atoms with Crippen molar-refractivity contribution >= 4 is 46.4 Å². The van der Waals surface area contributed by atoms with Gasteiger partial charge in [0.1, 0.15) is 11.3 Å². The van der Waals surface area contributed by atoms with Crippen LogP contribution in [0.1, 0.15) is 29.6 Å². The van der Waals surface area contributed by atoms with Gasteiger partial charge in [-0.25, -0.2) is 4.79 Å². The van der Waals surface area contributed by atoms with Crippen LogP contribution >= 0.6 is 11.6 Å². The summed E-state index contributed by atoms with van der Waals surface area (Å²) in [6.45, 7) is 2.35. The second kappa shape index (κ2) is 9.08. The molecular weight excluding hydrogens is 434 g/mol. The van der Waals surface area contributed by atoms with Gasteiger partial charge in [-0.2, -0.15) is 0 Å². The first-order valence-electron chi connectivity index (χ1n) is 10.4. The van der Waals surface area contributed by atoms with Crippen LogP contribution in [0.4, 0.5) is 17.1 Å². The minimum absolute atomic E-state index is 0.0789. The van der Waals surface area contributed by atoms with E-state index in [2.05, 4.69) is 10.2 Å². The second-order valence-corrected chi connectivity index (χ2v) is 8.35. The van der Waals surface area contributed by atoms with Gasteiger partial charge in [-0.1, -0.05) is 11.6 Å². The lowest BCUT2D eigenvalue weighted by molar-refractivity contribution is -0.122. The third kappa shape index (κ3) is 4.36. The number of methoxy groups -OCH3 is 1. The van der Waals surface area contributed by atoms with Gasteiger partial charge in [0.2, 0.25) is 11.8 Å². The van der Waals surface area contributed by atoms with Crippen LogP contribution in [0.5, 0.6) is 5.75 Å². The van der Waals surface area contributed by atoms with E-state index in [0.717, 1.165) is 24.5 Å². The van der Waals surface area contributed by atoms with Crippen molar-refractivity contribution in [3.8, 4) is 5.75 Å². The molecule has 1 atom stereocenters. The summed E-state index contributed by atoms with van der Waals surface area (Å²) < 4.78 is 5.09. The number of ether oxygens (including phenoxy) is 1. The summed E-state index contributed by atoms with van der Waals surface area (Å²) in [4.78, 5) is 40.7. The number of benzene rings is 2. The lowest BCUT2D eigenvalue weighted by Gasteiger charge is -2.21. The maximum Gasteiger partial charge on any atom is 0.339 e. The minimum Gasteiger partial charge on any atom is -0.496 e. The molecule has 32 heavy (non-hydrogen) atoms. The van der Waals surface area contributed by atoms with Crippen LogP contribution in [0.2, 0.25) is 5.02 Å². The predicted octanol–water partition coefficient (Wildman–Crippen LogP) is 3.64. The number of aromatic carboxylic acids is 1. The highest BCUT2D eigenvalue weighted by Gasteiger charge is 2.35. The Labute approximate surface area is 190 Å². The molecule has 2 aromatic rings. The molecule has 2 fully saturated rings. The minimum atomic E-state index is -1.19. The monoisotopic (exact) mass is 457 g/mol. The van der Waals surface area contributed by atoms with Crippen LogP contribution in [-0.2, 0) is 9.59 Å². The molecule has 1 unspecified atom stereocenters. The Morgan fingerprint density at radius 3 is 2.41 bits per heavy atom. The molecule has 2 aromatic carbocycles. The molecule has 0 saturated carbocycles. The molecule has 2 saturated heterocycles. The van der Waals surface area contributed by atoms with Crippen molar-refractivity contribution in [2.24, 2.45) is 5.92 Å². The molecule has 0 radical (unpaired) electrons. The fraction of sp³-hybridized carbons (Fsp3) is 0.348. The number of anilines is 3. The standard InChI is InChI=1S/C23H24ClN3O5/c1-32-20-12-19(18(24)11-17(20)23(30)31)25-22(29)14-10-21(28)27(13-14)16-6-4-15(5-7-16)26-8-2-3-9-26/h4-7,11-12,14H,2-3,8-10,13H2,1H3,(H,25,29)(H,30,31). The Bertz CT molecular complexity index is 1050. The molecule has 168 valence electrons. The zero-order valence-corrected chi connectivity index (χ0v) is 18.4. The van der Waals surface area contributed by atoms with E-state index in [1.807, 2.05) is 24.3 Å². The van der Waals surface area contributed by atoms with Crippen LogP contribution in [0.3, 0.4) is 0 Å².